The van der Waals surface area contributed by atoms with Crippen LogP contribution in [0.15, 0.2) is 42.5 Å². The van der Waals surface area contributed by atoms with Gasteiger partial charge in [0.25, 0.3) is 5.91 Å². The Balaban J connectivity index is 1.37. The number of nitrogens with zero attached hydrogens (tertiary/aromatic N) is 1. The number of esters is 1. The number of carbonyl (C=O) groups excluding carboxylic acids is 4. The molecule has 1 saturated carbocycles. The first-order chi connectivity index (χ1) is 17.4. The van der Waals surface area contributed by atoms with Gasteiger partial charge in [0.15, 0.2) is 6.61 Å². The summed E-state index contributed by atoms with van der Waals surface area (Å²) in [4.78, 5) is 51.2. The molecular weight excluding hydrogens is 560 g/mol. The van der Waals surface area contributed by atoms with Crippen LogP contribution in [0.5, 0.6) is 0 Å². The average molecular weight is 578 g/mol. The predicted molar refractivity (Wildman–Crippen MR) is 130 cm³/mol. The standard InChI is InChI=1S/C24H18Cl3F3N2O5/c25-16-6-3-12(24(28,29)30)7-19(16)31-20(33)10-37-23(36)11-1-4-13(5-2-11)32-21(34)14-8-17(26)18(27)9-15(14)22(32)35/h1-7,14-15,17-18H,8-10H2,(H,31,33)/t14-,15+,17+,18-. The Labute approximate surface area is 223 Å². The van der Waals surface area contributed by atoms with Gasteiger partial charge < -0.3 is 10.1 Å². The molecule has 1 heterocycles. The highest BCUT2D eigenvalue weighted by Gasteiger charge is 2.52. The second-order valence-electron chi connectivity index (χ2n) is 8.59. The van der Waals surface area contributed by atoms with E-state index in [4.69, 9.17) is 39.5 Å². The number of rotatable bonds is 5. The molecule has 3 amide bonds. The molecule has 2 aliphatic rings. The van der Waals surface area contributed by atoms with E-state index < -0.39 is 52.8 Å². The molecule has 2 aromatic rings. The van der Waals surface area contributed by atoms with Crippen LogP contribution < -0.4 is 10.2 Å². The lowest BCUT2D eigenvalue weighted by atomic mass is 9.80. The van der Waals surface area contributed by atoms with Crippen molar-refractivity contribution in [1.82, 2.24) is 0 Å². The van der Waals surface area contributed by atoms with Crippen LogP contribution in [0.3, 0.4) is 0 Å². The van der Waals surface area contributed by atoms with Gasteiger partial charge in [0, 0.05) is 0 Å². The Bertz CT molecular complexity index is 1230. The summed E-state index contributed by atoms with van der Waals surface area (Å²) < 4.78 is 43.6. The average Bonchev–Trinajstić information content (AvgIpc) is 3.07. The molecule has 1 aliphatic heterocycles. The van der Waals surface area contributed by atoms with Gasteiger partial charge in [-0.15, -0.1) is 23.2 Å². The maximum absolute atomic E-state index is 12.9. The quantitative estimate of drug-likeness (QED) is 0.297. The summed E-state index contributed by atoms with van der Waals surface area (Å²) in [5, 5.41) is 1.20. The minimum absolute atomic E-state index is 0.0202. The van der Waals surface area contributed by atoms with E-state index in [2.05, 4.69) is 5.32 Å². The maximum atomic E-state index is 12.9. The summed E-state index contributed by atoms with van der Waals surface area (Å²) in [7, 11) is 0. The monoisotopic (exact) mass is 576 g/mol. The summed E-state index contributed by atoms with van der Waals surface area (Å²) in [6.45, 7) is -0.793. The lowest BCUT2D eigenvalue weighted by molar-refractivity contribution is -0.137. The number of halogens is 6. The number of imide groups is 1. The van der Waals surface area contributed by atoms with Crippen molar-refractivity contribution in [3.8, 4) is 0 Å². The molecule has 0 radical (unpaired) electrons. The van der Waals surface area contributed by atoms with Crippen LogP contribution in [0.25, 0.3) is 0 Å². The number of ether oxygens (including phenoxy) is 1. The third-order valence-electron chi connectivity index (χ3n) is 6.17. The highest BCUT2D eigenvalue weighted by Crippen LogP contribution is 2.43. The largest absolute Gasteiger partial charge is 0.452 e. The molecule has 2 fully saturated rings. The first-order valence-corrected chi connectivity index (χ1v) is 12.2. The van der Waals surface area contributed by atoms with Crippen LogP contribution in [0, 0.1) is 11.8 Å². The van der Waals surface area contributed by atoms with E-state index in [0.717, 1.165) is 17.0 Å². The Hall–Kier alpha value is -2.82. The van der Waals surface area contributed by atoms with Crippen molar-refractivity contribution in [2.45, 2.75) is 29.8 Å². The van der Waals surface area contributed by atoms with Crippen LogP contribution in [-0.4, -0.2) is 41.1 Å². The fourth-order valence-corrected chi connectivity index (χ4v) is 5.05. The molecule has 37 heavy (non-hydrogen) atoms. The van der Waals surface area contributed by atoms with E-state index in [1.807, 2.05) is 0 Å². The Morgan fingerprint density at radius 2 is 1.54 bits per heavy atom. The second-order valence-corrected chi connectivity index (χ2v) is 10.1. The van der Waals surface area contributed by atoms with Gasteiger partial charge in [0.05, 0.1) is 50.1 Å². The van der Waals surface area contributed by atoms with E-state index >= 15 is 0 Å². The number of amides is 3. The van der Waals surface area contributed by atoms with Crippen LogP contribution in [-0.2, 0) is 25.3 Å². The summed E-state index contributed by atoms with van der Waals surface area (Å²) in [6.07, 6.45) is -4.05. The molecule has 13 heteroatoms. The molecule has 0 bridgehead atoms. The van der Waals surface area contributed by atoms with Gasteiger partial charge in [-0.25, -0.2) is 4.79 Å². The van der Waals surface area contributed by atoms with Crippen molar-refractivity contribution in [2.75, 3.05) is 16.8 Å². The number of fused-ring (bicyclic) bond motifs is 1. The third kappa shape index (κ3) is 5.71. The van der Waals surface area contributed by atoms with Crippen molar-refractivity contribution in [2.24, 2.45) is 11.8 Å². The molecule has 1 aliphatic carbocycles. The number of hydrogen-bond acceptors (Lipinski definition) is 5. The summed E-state index contributed by atoms with van der Waals surface area (Å²) in [6, 6.07) is 7.83. The number of carbonyl (C=O) groups is 4. The number of alkyl halides is 5. The highest BCUT2D eigenvalue weighted by molar-refractivity contribution is 6.33. The van der Waals surface area contributed by atoms with Crippen molar-refractivity contribution in [1.29, 1.82) is 0 Å². The third-order valence-corrected chi connectivity index (χ3v) is 7.60. The van der Waals surface area contributed by atoms with E-state index in [-0.39, 0.29) is 33.8 Å². The van der Waals surface area contributed by atoms with Crippen LogP contribution in [0.1, 0.15) is 28.8 Å². The van der Waals surface area contributed by atoms with E-state index in [1.54, 1.807) is 0 Å². The number of benzene rings is 2. The van der Waals surface area contributed by atoms with E-state index in [1.165, 1.54) is 24.3 Å². The molecule has 1 N–H and O–H groups in total. The summed E-state index contributed by atoms with van der Waals surface area (Å²) in [5.41, 5.74) is -1.02. The zero-order chi connectivity index (χ0) is 27.1. The molecule has 4 atom stereocenters. The van der Waals surface area contributed by atoms with Crippen molar-refractivity contribution in [3.63, 3.8) is 0 Å². The smallest absolute Gasteiger partial charge is 0.416 e. The topological polar surface area (TPSA) is 92.8 Å². The van der Waals surface area contributed by atoms with Gasteiger partial charge in [-0.2, -0.15) is 13.2 Å². The molecule has 2 aromatic carbocycles. The zero-order valence-electron chi connectivity index (χ0n) is 18.7. The predicted octanol–water partition coefficient (Wildman–Crippen LogP) is 5.27. The molecular formula is C24H18Cl3F3N2O5. The van der Waals surface area contributed by atoms with Crippen molar-refractivity contribution >= 4 is 69.9 Å². The van der Waals surface area contributed by atoms with E-state index in [0.29, 0.717) is 18.9 Å². The summed E-state index contributed by atoms with van der Waals surface area (Å²) in [5.74, 6) is -3.69. The SMILES string of the molecule is O=C(COC(=O)c1ccc(N2C(=O)[C@H]3C[C@@H](Cl)[C@@H](Cl)C[C@H]3C2=O)cc1)Nc1cc(C(F)(F)F)ccc1Cl. The first-order valence-electron chi connectivity index (χ1n) is 11.0. The van der Waals surface area contributed by atoms with Crippen LogP contribution in [0.4, 0.5) is 24.5 Å². The zero-order valence-corrected chi connectivity index (χ0v) is 21.0. The first kappa shape index (κ1) is 27.2. The lowest BCUT2D eigenvalue weighted by Gasteiger charge is -2.28. The maximum Gasteiger partial charge on any atom is 0.416 e. The molecule has 0 unspecified atom stereocenters. The Kier molecular flexibility index (Phi) is 7.73. The second kappa shape index (κ2) is 10.5. The van der Waals surface area contributed by atoms with Crippen LogP contribution in [0.2, 0.25) is 5.02 Å². The molecule has 7 nitrogen and oxygen atoms in total. The molecule has 1 saturated heterocycles. The van der Waals surface area contributed by atoms with Crippen LogP contribution >= 0.6 is 34.8 Å². The molecule has 0 spiro atoms. The van der Waals surface area contributed by atoms with Gasteiger partial charge in [0.1, 0.15) is 0 Å². The lowest BCUT2D eigenvalue weighted by Crippen LogP contribution is -2.34. The van der Waals surface area contributed by atoms with Crippen molar-refractivity contribution in [3.05, 3.63) is 58.6 Å². The number of anilines is 2. The highest BCUT2D eigenvalue weighted by atomic mass is 35.5. The number of hydrogen-bond donors (Lipinski definition) is 1. The minimum atomic E-state index is -4.63. The van der Waals surface area contributed by atoms with Crippen molar-refractivity contribution < 1.29 is 37.1 Å². The normalized spacial score (nSPS) is 23.6. The van der Waals surface area contributed by atoms with Gasteiger partial charge in [0.2, 0.25) is 11.8 Å². The summed E-state index contributed by atoms with van der Waals surface area (Å²) >= 11 is 18.2. The van der Waals surface area contributed by atoms with Gasteiger partial charge in [-0.05, 0) is 55.3 Å². The fraction of sp³-hybridized carbons (Fsp3) is 0.333. The van der Waals surface area contributed by atoms with E-state index in [9.17, 15) is 32.3 Å². The molecule has 196 valence electrons. The molecule has 4 rings (SSSR count). The van der Waals surface area contributed by atoms with Gasteiger partial charge in [-0.1, -0.05) is 11.6 Å². The Morgan fingerprint density at radius 3 is 2.08 bits per heavy atom. The number of nitrogens with one attached hydrogen (secondary N) is 1. The fourth-order valence-electron chi connectivity index (χ4n) is 4.29. The molecule has 0 aromatic heterocycles. The Morgan fingerprint density at radius 1 is 0.973 bits per heavy atom. The van der Waals surface area contributed by atoms with Gasteiger partial charge >= 0.3 is 12.1 Å². The minimum Gasteiger partial charge on any atom is -0.452 e. The van der Waals surface area contributed by atoms with Gasteiger partial charge in [-0.3, -0.25) is 19.3 Å².